The molecule has 0 saturated heterocycles. The predicted octanol–water partition coefficient (Wildman–Crippen LogP) is 2.42. The van der Waals surface area contributed by atoms with E-state index in [2.05, 4.69) is 5.32 Å². The SMILES string of the molecule is CC(C)(O)CNC(=O)Cc1ccc(Cl)c(Cl)c1. The summed E-state index contributed by atoms with van der Waals surface area (Å²) in [4.78, 5) is 11.6. The molecule has 0 aliphatic rings. The van der Waals surface area contributed by atoms with Crippen molar-refractivity contribution in [3.05, 3.63) is 33.8 Å². The van der Waals surface area contributed by atoms with E-state index in [1.54, 1.807) is 32.0 Å². The number of carbonyl (C=O) groups is 1. The highest BCUT2D eigenvalue weighted by Gasteiger charge is 2.14. The summed E-state index contributed by atoms with van der Waals surface area (Å²) in [7, 11) is 0. The molecule has 0 unspecified atom stereocenters. The molecule has 2 N–H and O–H groups in total. The molecule has 0 bridgehead atoms. The molecular formula is C12H15Cl2NO2. The van der Waals surface area contributed by atoms with Crippen LogP contribution in [0.3, 0.4) is 0 Å². The van der Waals surface area contributed by atoms with Crippen molar-refractivity contribution < 1.29 is 9.90 Å². The Hall–Kier alpha value is -0.770. The molecule has 0 radical (unpaired) electrons. The lowest BCUT2D eigenvalue weighted by Crippen LogP contribution is -2.38. The fourth-order valence-corrected chi connectivity index (χ4v) is 1.53. The quantitative estimate of drug-likeness (QED) is 0.887. The summed E-state index contributed by atoms with van der Waals surface area (Å²) < 4.78 is 0. The van der Waals surface area contributed by atoms with Gasteiger partial charge in [-0.15, -0.1) is 0 Å². The van der Waals surface area contributed by atoms with Gasteiger partial charge in [0.05, 0.1) is 22.1 Å². The predicted molar refractivity (Wildman–Crippen MR) is 69.5 cm³/mol. The summed E-state index contributed by atoms with van der Waals surface area (Å²) in [5, 5.41) is 13.0. The first kappa shape index (κ1) is 14.3. The molecule has 0 heterocycles. The number of hydrogen-bond donors (Lipinski definition) is 2. The highest BCUT2D eigenvalue weighted by molar-refractivity contribution is 6.42. The third kappa shape index (κ3) is 5.39. The van der Waals surface area contributed by atoms with E-state index in [9.17, 15) is 9.90 Å². The molecule has 0 spiro atoms. The van der Waals surface area contributed by atoms with Gasteiger partial charge in [0.1, 0.15) is 0 Å². The van der Waals surface area contributed by atoms with Gasteiger partial charge in [-0.05, 0) is 31.5 Å². The van der Waals surface area contributed by atoms with Gasteiger partial charge in [-0.2, -0.15) is 0 Å². The lowest BCUT2D eigenvalue weighted by Gasteiger charge is -2.17. The van der Waals surface area contributed by atoms with Crippen LogP contribution in [0.25, 0.3) is 0 Å². The second-order valence-electron chi connectivity index (χ2n) is 4.51. The van der Waals surface area contributed by atoms with Crippen molar-refractivity contribution >= 4 is 29.1 Å². The van der Waals surface area contributed by atoms with E-state index < -0.39 is 5.60 Å². The van der Waals surface area contributed by atoms with Crippen LogP contribution < -0.4 is 5.32 Å². The average molecular weight is 276 g/mol. The fourth-order valence-electron chi connectivity index (χ4n) is 1.21. The van der Waals surface area contributed by atoms with E-state index >= 15 is 0 Å². The zero-order valence-electron chi connectivity index (χ0n) is 9.76. The van der Waals surface area contributed by atoms with Gasteiger partial charge >= 0.3 is 0 Å². The first-order chi connectivity index (χ1) is 7.78. The third-order valence-electron chi connectivity index (χ3n) is 2.07. The van der Waals surface area contributed by atoms with Crippen LogP contribution in [-0.2, 0) is 11.2 Å². The highest BCUT2D eigenvalue weighted by Crippen LogP contribution is 2.22. The molecule has 1 rings (SSSR count). The number of nitrogens with one attached hydrogen (secondary N) is 1. The van der Waals surface area contributed by atoms with Gasteiger partial charge in [0.25, 0.3) is 0 Å². The number of halogens is 2. The van der Waals surface area contributed by atoms with Crippen LogP contribution >= 0.6 is 23.2 Å². The van der Waals surface area contributed by atoms with Gasteiger partial charge in [-0.3, -0.25) is 4.79 Å². The Kier molecular flexibility index (Phi) is 4.80. The van der Waals surface area contributed by atoms with Crippen LogP contribution in [0.2, 0.25) is 10.0 Å². The molecule has 0 atom stereocenters. The van der Waals surface area contributed by atoms with Gasteiger partial charge in [-0.1, -0.05) is 29.3 Å². The topological polar surface area (TPSA) is 49.3 Å². The van der Waals surface area contributed by atoms with Crippen LogP contribution in [0.5, 0.6) is 0 Å². The van der Waals surface area contributed by atoms with Crippen LogP contribution in [0, 0.1) is 0 Å². The molecule has 0 aromatic heterocycles. The monoisotopic (exact) mass is 275 g/mol. The molecule has 0 fully saturated rings. The van der Waals surface area contributed by atoms with E-state index in [0.717, 1.165) is 5.56 Å². The van der Waals surface area contributed by atoms with Crippen molar-refractivity contribution in [3.63, 3.8) is 0 Å². The van der Waals surface area contributed by atoms with Crippen molar-refractivity contribution in [1.82, 2.24) is 5.32 Å². The van der Waals surface area contributed by atoms with E-state index in [4.69, 9.17) is 23.2 Å². The largest absolute Gasteiger partial charge is 0.389 e. The summed E-state index contributed by atoms with van der Waals surface area (Å²) in [5.41, 5.74) is -0.125. The Morgan fingerprint density at radius 1 is 1.35 bits per heavy atom. The van der Waals surface area contributed by atoms with Crippen molar-refractivity contribution in [2.75, 3.05) is 6.54 Å². The number of rotatable bonds is 4. The van der Waals surface area contributed by atoms with E-state index in [1.165, 1.54) is 0 Å². The normalized spacial score (nSPS) is 11.4. The minimum Gasteiger partial charge on any atom is -0.389 e. The summed E-state index contributed by atoms with van der Waals surface area (Å²) >= 11 is 11.6. The first-order valence-electron chi connectivity index (χ1n) is 5.21. The summed E-state index contributed by atoms with van der Waals surface area (Å²) in [6.07, 6.45) is 0.215. The Labute approximate surface area is 111 Å². The van der Waals surface area contributed by atoms with Crippen LogP contribution in [0.15, 0.2) is 18.2 Å². The molecule has 0 aliphatic carbocycles. The Morgan fingerprint density at radius 3 is 2.53 bits per heavy atom. The second kappa shape index (κ2) is 5.71. The lowest BCUT2D eigenvalue weighted by molar-refractivity contribution is -0.121. The van der Waals surface area contributed by atoms with Gasteiger partial charge in [0.15, 0.2) is 0 Å². The Morgan fingerprint density at radius 2 is 2.00 bits per heavy atom. The van der Waals surface area contributed by atoms with Crippen molar-refractivity contribution in [2.24, 2.45) is 0 Å². The minimum atomic E-state index is -0.909. The van der Waals surface area contributed by atoms with Crippen LogP contribution in [-0.4, -0.2) is 23.2 Å². The number of hydrogen-bond acceptors (Lipinski definition) is 2. The maximum absolute atomic E-state index is 11.6. The Bertz CT molecular complexity index is 413. The number of aliphatic hydroxyl groups is 1. The molecule has 1 aromatic rings. The molecule has 1 aromatic carbocycles. The van der Waals surface area contributed by atoms with Crippen molar-refractivity contribution in [2.45, 2.75) is 25.9 Å². The number of amides is 1. The minimum absolute atomic E-state index is 0.162. The first-order valence-corrected chi connectivity index (χ1v) is 5.96. The summed E-state index contributed by atoms with van der Waals surface area (Å²) in [6.45, 7) is 3.48. The maximum Gasteiger partial charge on any atom is 0.224 e. The molecule has 94 valence electrons. The standard InChI is InChI=1S/C12H15Cl2NO2/c1-12(2,17)7-15-11(16)6-8-3-4-9(13)10(14)5-8/h3-5,17H,6-7H2,1-2H3,(H,15,16). The molecule has 0 aliphatic heterocycles. The molecular weight excluding hydrogens is 261 g/mol. The van der Waals surface area contributed by atoms with E-state index in [0.29, 0.717) is 10.0 Å². The number of carbonyl (C=O) groups excluding carboxylic acids is 1. The summed E-state index contributed by atoms with van der Waals surface area (Å²) in [6, 6.07) is 5.06. The van der Waals surface area contributed by atoms with E-state index in [-0.39, 0.29) is 18.9 Å². The Balaban J connectivity index is 2.54. The molecule has 3 nitrogen and oxygen atoms in total. The molecule has 0 saturated carbocycles. The molecule has 17 heavy (non-hydrogen) atoms. The van der Waals surface area contributed by atoms with Gasteiger partial charge in [0.2, 0.25) is 5.91 Å². The van der Waals surface area contributed by atoms with Crippen LogP contribution in [0.4, 0.5) is 0 Å². The van der Waals surface area contributed by atoms with E-state index in [1.807, 2.05) is 0 Å². The maximum atomic E-state index is 11.6. The smallest absolute Gasteiger partial charge is 0.224 e. The lowest BCUT2D eigenvalue weighted by atomic mass is 10.1. The highest BCUT2D eigenvalue weighted by atomic mass is 35.5. The third-order valence-corrected chi connectivity index (χ3v) is 2.81. The zero-order chi connectivity index (χ0) is 13.1. The fraction of sp³-hybridized carbons (Fsp3) is 0.417. The average Bonchev–Trinajstić information content (AvgIpc) is 2.20. The van der Waals surface area contributed by atoms with Gasteiger partial charge in [-0.25, -0.2) is 0 Å². The van der Waals surface area contributed by atoms with Crippen LogP contribution in [0.1, 0.15) is 19.4 Å². The number of benzene rings is 1. The van der Waals surface area contributed by atoms with Crippen molar-refractivity contribution in [3.8, 4) is 0 Å². The second-order valence-corrected chi connectivity index (χ2v) is 5.33. The molecule has 5 heteroatoms. The summed E-state index contributed by atoms with van der Waals surface area (Å²) in [5.74, 6) is -0.162. The molecule has 1 amide bonds. The van der Waals surface area contributed by atoms with Gasteiger partial charge < -0.3 is 10.4 Å². The van der Waals surface area contributed by atoms with Crippen molar-refractivity contribution in [1.29, 1.82) is 0 Å². The van der Waals surface area contributed by atoms with Gasteiger partial charge in [0, 0.05) is 6.54 Å². The zero-order valence-corrected chi connectivity index (χ0v) is 11.3.